The Bertz CT molecular complexity index is 270. The Morgan fingerprint density at radius 1 is 1.40 bits per heavy atom. The van der Waals surface area contributed by atoms with E-state index < -0.39 is 0 Å². The maximum Gasteiger partial charge on any atom is 0.0928 e. The summed E-state index contributed by atoms with van der Waals surface area (Å²) in [6.07, 6.45) is 6.81. The second-order valence-electron chi connectivity index (χ2n) is 4.09. The van der Waals surface area contributed by atoms with Gasteiger partial charge in [-0.2, -0.15) is 0 Å². The molecule has 0 aliphatic carbocycles. The van der Waals surface area contributed by atoms with Crippen LogP contribution >= 0.6 is 11.3 Å². The molecule has 0 aliphatic rings. The third kappa shape index (κ3) is 4.76. The molecule has 1 atom stereocenters. The van der Waals surface area contributed by atoms with Gasteiger partial charge in [-0.3, -0.25) is 0 Å². The molecule has 3 heteroatoms. The van der Waals surface area contributed by atoms with Crippen LogP contribution in [0.4, 0.5) is 0 Å². The van der Waals surface area contributed by atoms with Crippen LogP contribution in [0.2, 0.25) is 0 Å². The van der Waals surface area contributed by atoms with Crippen molar-refractivity contribution in [1.82, 2.24) is 4.98 Å². The zero-order valence-corrected chi connectivity index (χ0v) is 10.6. The lowest BCUT2D eigenvalue weighted by Gasteiger charge is -2.06. The quantitative estimate of drug-likeness (QED) is 0.775. The molecule has 0 aliphatic heterocycles. The van der Waals surface area contributed by atoms with Crippen molar-refractivity contribution in [3.63, 3.8) is 0 Å². The molecule has 0 aromatic carbocycles. The van der Waals surface area contributed by atoms with Gasteiger partial charge in [0.25, 0.3) is 0 Å². The van der Waals surface area contributed by atoms with E-state index in [0.717, 1.165) is 25.7 Å². The van der Waals surface area contributed by atoms with Gasteiger partial charge >= 0.3 is 0 Å². The predicted octanol–water partition coefficient (Wildman–Crippen LogP) is 3.16. The minimum atomic E-state index is 0.288. The minimum absolute atomic E-state index is 0.288. The number of aromatic nitrogens is 1. The second kappa shape index (κ2) is 6.96. The summed E-state index contributed by atoms with van der Waals surface area (Å²) in [5.41, 5.74) is 7.18. The van der Waals surface area contributed by atoms with Crippen LogP contribution in [0, 0.1) is 0 Å². The van der Waals surface area contributed by atoms with Crippen LogP contribution in [0.1, 0.15) is 50.2 Å². The standard InChI is InChI=1S/C12H22N2S/c1-3-5-7-12-14-11(9-15-12)8-10(13)6-4-2/h9-10H,3-8,13H2,1-2H3. The van der Waals surface area contributed by atoms with Gasteiger partial charge in [0.2, 0.25) is 0 Å². The van der Waals surface area contributed by atoms with E-state index in [2.05, 4.69) is 24.2 Å². The topological polar surface area (TPSA) is 38.9 Å². The van der Waals surface area contributed by atoms with Crippen molar-refractivity contribution in [2.45, 2.75) is 58.4 Å². The number of unbranched alkanes of at least 4 members (excludes halogenated alkanes) is 1. The number of nitrogens with zero attached hydrogens (tertiary/aromatic N) is 1. The number of aryl methyl sites for hydroxylation is 1. The van der Waals surface area contributed by atoms with E-state index in [-0.39, 0.29) is 6.04 Å². The summed E-state index contributed by atoms with van der Waals surface area (Å²) in [5.74, 6) is 0. The van der Waals surface area contributed by atoms with E-state index in [1.807, 2.05) is 0 Å². The molecule has 0 amide bonds. The van der Waals surface area contributed by atoms with Crippen molar-refractivity contribution in [3.8, 4) is 0 Å². The van der Waals surface area contributed by atoms with Crippen molar-refractivity contribution in [1.29, 1.82) is 0 Å². The second-order valence-corrected chi connectivity index (χ2v) is 5.03. The molecule has 86 valence electrons. The van der Waals surface area contributed by atoms with Crippen LogP contribution in [0.25, 0.3) is 0 Å². The first-order valence-electron chi connectivity index (χ1n) is 5.95. The lowest BCUT2D eigenvalue weighted by atomic mass is 10.1. The number of thiazole rings is 1. The normalized spacial score (nSPS) is 13.0. The molecule has 1 rings (SSSR count). The summed E-state index contributed by atoms with van der Waals surface area (Å²) in [5, 5.41) is 3.44. The highest BCUT2D eigenvalue weighted by atomic mass is 32.1. The van der Waals surface area contributed by atoms with Gasteiger partial charge in [-0.15, -0.1) is 11.3 Å². The molecule has 0 spiro atoms. The van der Waals surface area contributed by atoms with Crippen LogP contribution in [0.3, 0.4) is 0 Å². The van der Waals surface area contributed by atoms with Crippen LogP contribution in [-0.2, 0) is 12.8 Å². The van der Waals surface area contributed by atoms with Crippen LogP contribution < -0.4 is 5.73 Å². The maximum absolute atomic E-state index is 5.99. The van der Waals surface area contributed by atoms with E-state index in [1.165, 1.54) is 23.5 Å². The third-order valence-electron chi connectivity index (χ3n) is 2.47. The van der Waals surface area contributed by atoms with Gasteiger partial charge < -0.3 is 5.73 Å². The third-order valence-corrected chi connectivity index (χ3v) is 3.43. The SMILES string of the molecule is CCCCc1nc(CC(N)CCC)cs1. The number of hydrogen-bond acceptors (Lipinski definition) is 3. The number of nitrogens with two attached hydrogens (primary N) is 1. The Labute approximate surface area is 96.9 Å². The van der Waals surface area contributed by atoms with E-state index in [9.17, 15) is 0 Å². The van der Waals surface area contributed by atoms with E-state index in [4.69, 9.17) is 5.73 Å². The first-order valence-corrected chi connectivity index (χ1v) is 6.83. The average molecular weight is 226 g/mol. The van der Waals surface area contributed by atoms with Crippen LogP contribution in [0.5, 0.6) is 0 Å². The molecule has 1 heterocycles. The molecule has 1 aromatic rings. The fraction of sp³-hybridized carbons (Fsp3) is 0.750. The Kier molecular flexibility index (Phi) is 5.88. The lowest BCUT2D eigenvalue weighted by Crippen LogP contribution is -2.22. The summed E-state index contributed by atoms with van der Waals surface area (Å²) in [7, 11) is 0. The summed E-state index contributed by atoms with van der Waals surface area (Å²) in [6, 6.07) is 0.288. The molecule has 2 nitrogen and oxygen atoms in total. The zero-order chi connectivity index (χ0) is 11.1. The largest absolute Gasteiger partial charge is 0.327 e. The molecule has 0 saturated heterocycles. The van der Waals surface area contributed by atoms with Gasteiger partial charge in [0, 0.05) is 17.8 Å². The van der Waals surface area contributed by atoms with Crippen molar-refractivity contribution in [2.75, 3.05) is 0 Å². The molecule has 0 saturated carbocycles. The van der Waals surface area contributed by atoms with Gasteiger partial charge in [-0.1, -0.05) is 26.7 Å². The highest BCUT2D eigenvalue weighted by Gasteiger charge is 2.06. The van der Waals surface area contributed by atoms with Crippen molar-refractivity contribution in [3.05, 3.63) is 16.1 Å². The average Bonchev–Trinajstić information content (AvgIpc) is 2.63. The summed E-state index contributed by atoms with van der Waals surface area (Å²) < 4.78 is 0. The highest BCUT2D eigenvalue weighted by Crippen LogP contribution is 2.14. The smallest absolute Gasteiger partial charge is 0.0928 e. The number of hydrogen-bond donors (Lipinski definition) is 1. The first-order chi connectivity index (χ1) is 7.26. The zero-order valence-electron chi connectivity index (χ0n) is 9.83. The van der Waals surface area contributed by atoms with Crippen LogP contribution in [-0.4, -0.2) is 11.0 Å². The van der Waals surface area contributed by atoms with Gasteiger partial charge in [-0.25, -0.2) is 4.98 Å². The molecule has 1 unspecified atom stereocenters. The maximum atomic E-state index is 5.99. The molecular formula is C12H22N2S. The van der Waals surface area contributed by atoms with E-state index >= 15 is 0 Å². The van der Waals surface area contributed by atoms with Gasteiger partial charge in [-0.05, 0) is 19.3 Å². The number of rotatable bonds is 7. The Morgan fingerprint density at radius 2 is 2.20 bits per heavy atom. The molecule has 0 fully saturated rings. The lowest BCUT2D eigenvalue weighted by molar-refractivity contribution is 0.594. The summed E-state index contributed by atoms with van der Waals surface area (Å²) in [4.78, 5) is 4.61. The van der Waals surface area contributed by atoms with Gasteiger partial charge in [0.15, 0.2) is 0 Å². The molecular weight excluding hydrogens is 204 g/mol. The van der Waals surface area contributed by atoms with Crippen molar-refractivity contribution >= 4 is 11.3 Å². The molecule has 2 N–H and O–H groups in total. The van der Waals surface area contributed by atoms with Gasteiger partial charge in [0.05, 0.1) is 10.7 Å². The fourth-order valence-electron chi connectivity index (χ4n) is 1.63. The van der Waals surface area contributed by atoms with Gasteiger partial charge in [0.1, 0.15) is 0 Å². The van der Waals surface area contributed by atoms with Crippen molar-refractivity contribution < 1.29 is 0 Å². The molecule has 15 heavy (non-hydrogen) atoms. The Balaban J connectivity index is 2.38. The Morgan fingerprint density at radius 3 is 2.87 bits per heavy atom. The van der Waals surface area contributed by atoms with Crippen LogP contribution in [0.15, 0.2) is 5.38 Å². The molecule has 1 aromatic heterocycles. The first kappa shape index (κ1) is 12.7. The molecule has 0 bridgehead atoms. The van der Waals surface area contributed by atoms with E-state index in [1.54, 1.807) is 11.3 Å². The predicted molar refractivity (Wildman–Crippen MR) is 67.3 cm³/mol. The summed E-state index contributed by atoms with van der Waals surface area (Å²) in [6.45, 7) is 4.39. The Hall–Kier alpha value is -0.410. The summed E-state index contributed by atoms with van der Waals surface area (Å²) >= 11 is 1.78. The molecule has 0 radical (unpaired) electrons. The highest BCUT2D eigenvalue weighted by molar-refractivity contribution is 7.09. The monoisotopic (exact) mass is 226 g/mol. The van der Waals surface area contributed by atoms with Crippen molar-refractivity contribution in [2.24, 2.45) is 5.73 Å². The fourth-order valence-corrected chi connectivity index (χ4v) is 2.48. The minimum Gasteiger partial charge on any atom is -0.327 e. The van der Waals surface area contributed by atoms with E-state index in [0.29, 0.717) is 0 Å².